The van der Waals surface area contributed by atoms with Crippen LogP contribution in [0, 0.1) is 6.92 Å². The van der Waals surface area contributed by atoms with Crippen LogP contribution in [0.15, 0.2) is 12.3 Å². The van der Waals surface area contributed by atoms with Crippen LogP contribution in [0.5, 0.6) is 5.88 Å². The van der Waals surface area contributed by atoms with Gasteiger partial charge in [-0.3, -0.25) is 0 Å². The lowest BCUT2D eigenvalue weighted by atomic mass is 10.2. The predicted molar refractivity (Wildman–Crippen MR) is 50.9 cm³/mol. The van der Waals surface area contributed by atoms with Crippen LogP contribution in [-0.2, 0) is 6.42 Å². The average Bonchev–Trinajstić information content (AvgIpc) is 2.10. The summed E-state index contributed by atoms with van der Waals surface area (Å²) < 4.78 is 5.30. The van der Waals surface area contributed by atoms with Crippen LogP contribution in [0.2, 0.25) is 0 Å². The van der Waals surface area contributed by atoms with Gasteiger partial charge >= 0.3 is 0 Å². The molecule has 0 amide bonds. The van der Waals surface area contributed by atoms with Crippen molar-refractivity contribution in [2.24, 2.45) is 0 Å². The third kappa shape index (κ3) is 2.70. The highest BCUT2D eigenvalue weighted by Crippen LogP contribution is 2.15. The Balaban J connectivity index is 2.79. The number of nitrogens with zero attached hydrogens (tertiary/aromatic N) is 1. The Kier molecular flexibility index (Phi) is 3.71. The van der Waals surface area contributed by atoms with Crippen molar-refractivity contribution in [3.05, 3.63) is 23.4 Å². The van der Waals surface area contributed by atoms with Crippen molar-refractivity contribution >= 4 is 0 Å². The van der Waals surface area contributed by atoms with E-state index in [0.29, 0.717) is 18.9 Å². The molecule has 72 valence electrons. The fourth-order valence-corrected chi connectivity index (χ4v) is 1.17. The Bertz CT molecular complexity index is 274. The van der Waals surface area contributed by atoms with Gasteiger partial charge in [0.2, 0.25) is 5.88 Å². The lowest BCUT2D eigenvalue weighted by Crippen LogP contribution is -1.99. The molecule has 0 saturated carbocycles. The first kappa shape index (κ1) is 9.99. The second-order valence-electron chi connectivity index (χ2n) is 2.87. The first-order chi connectivity index (χ1) is 6.27. The number of hydrogen-bond acceptors (Lipinski definition) is 3. The minimum Gasteiger partial charge on any atom is -0.478 e. The number of aliphatic hydroxyl groups is 1. The summed E-state index contributed by atoms with van der Waals surface area (Å²) in [4.78, 5) is 4.15. The molecule has 1 rings (SSSR count). The van der Waals surface area contributed by atoms with E-state index in [0.717, 1.165) is 11.1 Å². The third-order valence-electron chi connectivity index (χ3n) is 1.77. The average molecular weight is 181 g/mol. The van der Waals surface area contributed by atoms with E-state index in [-0.39, 0.29) is 6.61 Å². The maximum atomic E-state index is 8.72. The van der Waals surface area contributed by atoms with Crippen molar-refractivity contribution in [3.63, 3.8) is 0 Å². The molecule has 0 fully saturated rings. The molecule has 3 nitrogen and oxygen atoms in total. The van der Waals surface area contributed by atoms with E-state index in [2.05, 4.69) is 4.98 Å². The SMILES string of the molecule is CCOc1ncc(CCO)cc1C. The lowest BCUT2D eigenvalue weighted by Gasteiger charge is -2.06. The van der Waals surface area contributed by atoms with Crippen LogP contribution in [0.1, 0.15) is 18.1 Å². The smallest absolute Gasteiger partial charge is 0.216 e. The molecule has 0 aliphatic heterocycles. The summed E-state index contributed by atoms with van der Waals surface area (Å²) in [5, 5.41) is 8.72. The molecule has 3 heteroatoms. The molecule has 13 heavy (non-hydrogen) atoms. The van der Waals surface area contributed by atoms with Crippen molar-refractivity contribution in [3.8, 4) is 5.88 Å². The normalized spacial score (nSPS) is 10.1. The van der Waals surface area contributed by atoms with Crippen molar-refractivity contribution in [1.82, 2.24) is 4.98 Å². The molecular formula is C10H15NO2. The number of aromatic nitrogens is 1. The van der Waals surface area contributed by atoms with Gasteiger partial charge in [0, 0.05) is 18.4 Å². The maximum Gasteiger partial charge on any atom is 0.216 e. The largest absolute Gasteiger partial charge is 0.478 e. The highest BCUT2D eigenvalue weighted by Gasteiger charge is 2.01. The number of aliphatic hydroxyl groups excluding tert-OH is 1. The van der Waals surface area contributed by atoms with Crippen LogP contribution in [0.3, 0.4) is 0 Å². The van der Waals surface area contributed by atoms with Crippen LogP contribution < -0.4 is 4.74 Å². The molecule has 0 aliphatic rings. The van der Waals surface area contributed by atoms with E-state index >= 15 is 0 Å². The van der Waals surface area contributed by atoms with E-state index in [1.807, 2.05) is 19.9 Å². The lowest BCUT2D eigenvalue weighted by molar-refractivity contribution is 0.298. The number of pyridine rings is 1. The van der Waals surface area contributed by atoms with Gasteiger partial charge in [0.15, 0.2) is 0 Å². The zero-order chi connectivity index (χ0) is 9.68. The molecule has 0 bridgehead atoms. The molecule has 0 radical (unpaired) electrons. The summed E-state index contributed by atoms with van der Waals surface area (Å²) in [6.45, 7) is 4.68. The van der Waals surface area contributed by atoms with E-state index < -0.39 is 0 Å². The summed E-state index contributed by atoms with van der Waals surface area (Å²) in [6.07, 6.45) is 2.40. The van der Waals surface area contributed by atoms with Gasteiger partial charge in [-0.25, -0.2) is 4.98 Å². The van der Waals surface area contributed by atoms with E-state index in [1.54, 1.807) is 6.20 Å². The molecule has 0 saturated heterocycles. The Morgan fingerprint density at radius 1 is 1.54 bits per heavy atom. The monoisotopic (exact) mass is 181 g/mol. The fraction of sp³-hybridized carbons (Fsp3) is 0.500. The third-order valence-corrected chi connectivity index (χ3v) is 1.77. The molecule has 0 unspecified atom stereocenters. The van der Waals surface area contributed by atoms with Crippen LogP contribution in [-0.4, -0.2) is 23.3 Å². The van der Waals surface area contributed by atoms with Crippen molar-refractivity contribution in [2.75, 3.05) is 13.2 Å². The Morgan fingerprint density at radius 2 is 2.31 bits per heavy atom. The minimum atomic E-state index is 0.162. The van der Waals surface area contributed by atoms with Crippen LogP contribution in [0.4, 0.5) is 0 Å². The second-order valence-corrected chi connectivity index (χ2v) is 2.87. The molecule has 1 heterocycles. The minimum absolute atomic E-state index is 0.162. The first-order valence-electron chi connectivity index (χ1n) is 4.47. The predicted octanol–water partition coefficient (Wildman–Crippen LogP) is 1.32. The van der Waals surface area contributed by atoms with Crippen LogP contribution >= 0.6 is 0 Å². The van der Waals surface area contributed by atoms with E-state index in [9.17, 15) is 0 Å². The van der Waals surface area contributed by atoms with Gasteiger partial charge < -0.3 is 9.84 Å². The highest BCUT2D eigenvalue weighted by atomic mass is 16.5. The fourth-order valence-electron chi connectivity index (χ4n) is 1.17. The van der Waals surface area contributed by atoms with Crippen LogP contribution in [0.25, 0.3) is 0 Å². The molecular weight excluding hydrogens is 166 g/mol. The number of aryl methyl sites for hydroxylation is 1. The summed E-state index contributed by atoms with van der Waals surface area (Å²) in [5.41, 5.74) is 2.07. The molecule has 1 aromatic heterocycles. The zero-order valence-corrected chi connectivity index (χ0v) is 8.08. The van der Waals surface area contributed by atoms with Crippen molar-refractivity contribution < 1.29 is 9.84 Å². The van der Waals surface area contributed by atoms with Crippen molar-refractivity contribution in [1.29, 1.82) is 0 Å². The quantitative estimate of drug-likeness (QED) is 0.761. The molecule has 0 spiro atoms. The maximum absolute atomic E-state index is 8.72. The highest BCUT2D eigenvalue weighted by molar-refractivity contribution is 5.28. The Labute approximate surface area is 78.4 Å². The van der Waals surface area contributed by atoms with Gasteiger partial charge in [0.1, 0.15) is 0 Å². The summed E-state index contributed by atoms with van der Waals surface area (Å²) >= 11 is 0. The summed E-state index contributed by atoms with van der Waals surface area (Å²) in [7, 11) is 0. The topological polar surface area (TPSA) is 42.4 Å². The summed E-state index contributed by atoms with van der Waals surface area (Å²) in [5.74, 6) is 0.684. The van der Waals surface area contributed by atoms with Gasteiger partial charge in [-0.05, 0) is 31.9 Å². The van der Waals surface area contributed by atoms with Gasteiger partial charge in [-0.2, -0.15) is 0 Å². The molecule has 1 aromatic rings. The van der Waals surface area contributed by atoms with Gasteiger partial charge in [-0.1, -0.05) is 0 Å². The van der Waals surface area contributed by atoms with Gasteiger partial charge in [0.25, 0.3) is 0 Å². The second kappa shape index (κ2) is 4.82. The Morgan fingerprint density at radius 3 is 2.85 bits per heavy atom. The standard InChI is InChI=1S/C10H15NO2/c1-3-13-10-8(2)6-9(4-5-12)7-11-10/h6-7,12H,3-5H2,1-2H3. The van der Waals surface area contributed by atoms with E-state index in [4.69, 9.17) is 9.84 Å². The molecule has 0 aromatic carbocycles. The molecule has 1 N–H and O–H groups in total. The number of ether oxygens (including phenoxy) is 1. The van der Waals surface area contributed by atoms with Gasteiger partial charge in [0.05, 0.1) is 6.61 Å². The number of rotatable bonds is 4. The van der Waals surface area contributed by atoms with Gasteiger partial charge in [-0.15, -0.1) is 0 Å². The number of hydrogen-bond donors (Lipinski definition) is 1. The molecule has 0 atom stereocenters. The zero-order valence-electron chi connectivity index (χ0n) is 8.08. The molecule has 0 aliphatic carbocycles. The van der Waals surface area contributed by atoms with E-state index in [1.165, 1.54) is 0 Å². The summed E-state index contributed by atoms with van der Waals surface area (Å²) in [6, 6.07) is 1.99. The van der Waals surface area contributed by atoms with Crippen molar-refractivity contribution in [2.45, 2.75) is 20.3 Å². The Hall–Kier alpha value is -1.09. The first-order valence-corrected chi connectivity index (χ1v) is 4.47.